The van der Waals surface area contributed by atoms with Gasteiger partial charge in [0.05, 0.1) is 0 Å². The van der Waals surface area contributed by atoms with Crippen LogP contribution in [0.1, 0.15) is 18.4 Å². The quantitative estimate of drug-likeness (QED) is 0.802. The molecule has 2 N–H and O–H groups in total. The molecule has 0 heterocycles. The zero-order valence-electron chi connectivity index (χ0n) is 11.4. The molecule has 2 rings (SSSR count). The van der Waals surface area contributed by atoms with Crippen LogP contribution in [-0.2, 0) is 0 Å². The summed E-state index contributed by atoms with van der Waals surface area (Å²) in [5.74, 6) is 1.78. The number of nitrogens with zero attached hydrogens (tertiary/aromatic N) is 1. The standard InChI is InChI=1S/C15H24N2O/c1-12-4-3-5-14(10-12)18-9-8-17(2)15(11-16)13-6-7-13/h3-5,10,13,15H,6-9,11,16H2,1-2H3. The summed E-state index contributed by atoms with van der Waals surface area (Å²) in [5, 5.41) is 0. The van der Waals surface area contributed by atoms with E-state index in [2.05, 4.69) is 31.0 Å². The maximum absolute atomic E-state index is 5.83. The Morgan fingerprint density at radius 3 is 2.83 bits per heavy atom. The Kier molecular flexibility index (Phi) is 4.61. The Hall–Kier alpha value is -1.06. The van der Waals surface area contributed by atoms with Crippen LogP contribution < -0.4 is 10.5 Å². The third-order valence-electron chi connectivity index (χ3n) is 3.68. The lowest BCUT2D eigenvalue weighted by Gasteiger charge is -2.26. The summed E-state index contributed by atoms with van der Waals surface area (Å²) in [6, 6.07) is 8.72. The van der Waals surface area contributed by atoms with Crippen molar-refractivity contribution < 1.29 is 4.74 Å². The Labute approximate surface area is 110 Å². The van der Waals surface area contributed by atoms with Crippen LogP contribution in [0.5, 0.6) is 5.75 Å². The van der Waals surface area contributed by atoms with Crippen LogP contribution in [0.2, 0.25) is 0 Å². The van der Waals surface area contributed by atoms with Crippen molar-refractivity contribution in [2.45, 2.75) is 25.8 Å². The molecule has 1 aromatic carbocycles. The first-order valence-electron chi connectivity index (χ1n) is 6.80. The van der Waals surface area contributed by atoms with Crippen molar-refractivity contribution in [3.05, 3.63) is 29.8 Å². The minimum absolute atomic E-state index is 0.533. The number of hydrogen-bond acceptors (Lipinski definition) is 3. The van der Waals surface area contributed by atoms with E-state index in [-0.39, 0.29) is 0 Å². The maximum Gasteiger partial charge on any atom is 0.119 e. The number of benzene rings is 1. The number of nitrogens with two attached hydrogens (primary N) is 1. The molecule has 0 radical (unpaired) electrons. The predicted molar refractivity (Wildman–Crippen MR) is 74.9 cm³/mol. The van der Waals surface area contributed by atoms with Crippen LogP contribution in [0.4, 0.5) is 0 Å². The van der Waals surface area contributed by atoms with E-state index >= 15 is 0 Å². The largest absolute Gasteiger partial charge is 0.492 e. The second-order valence-electron chi connectivity index (χ2n) is 5.29. The molecule has 0 spiro atoms. The van der Waals surface area contributed by atoms with Crippen molar-refractivity contribution in [3.63, 3.8) is 0 Å². The zero-order valence-corrected chi connectivity index (χ0v) is 11.4. The van der Waals surface area contributed by atoms with Crippen LogP contribution >= 0.6 is 0 Å². The van der Waals surface area contributed by atoms with Gasteiger partial charge < -0.3 is 10.5 Å². The van der Waals surface area contributed by atoms with Gasteiger partial charge in [-0.2, -0.15) is 0 Å². The van der Waals surface area contributed by atoms with Crippen LogP contribution in [0, 0.1) is 12.8 Å². The van der Waals surface area contributed by atoms with Gasteiger partial charge in [-0.1, -0.05) is 12.1 Å². The van der Waals surface area contributed by atoms with Crippen molar-refractivity contribution >= 4 is 0 Å². The minimum atomic E-state index is 0.533. The van der Waals surface area contributed by atoms with E-state index in [0.717, 1.165) is 31.4 Å². The highest BCUT2D eigenvalue weighted by atomic mass is 16.5. The van der Waals surface area contributed by atoms with Crippen LogP contribution in [0.3, 0.4) is 0 Å². The number of rotatable bonds is 7. The van der Waals surface area contributed by atoms with Gasteiger partial charge in [-0.15, -0.1) is 0 Å². The third-order valence-corrected chi connectivity index (χ3v) is 3.68. The lowest BCUT2D eigenvalue weighted by atomic mass is 10.1. The van der Waals surface area contributed by atoms with Crippen molar-refractivity contribution in [1.29, 1.82) is 0 Å². The Morgan fingerprint density at radius 1 is 1.44 bits per heavy atom. The minimum Gasteiger partial charge on any atom is -0.492 e. The molecule has 0 aliphatic heterocycles. The molecule has 1 saturated carbocycles. The first-order valence-corrected chi connectivity index (χ1v) is 6.80. The molecule has 3 nitrogen and oxygen atoms in total. The number of ether oxygens (including phenoxy) is 1. The fourth-order valence-electron chi connectivity index (χ4n) is 2.39. The molecule has 1 unspecified atom stereocenters. The van der Waals surface area contributed by atoms with E-state index in [9.17, 15) is 0 Å². The van der Waals surface area contributed by atoms with Gasteiger partial charge in [-0.05, 0) is 50.4 Å². The molecule has 3 heteroatoms. The van der Waals surface area contributed by atoms with Crippen molar-refractivity contribution in [3.8, 4) is 5.75 Å². The van der Waals surface area contributed by atoms with Gasteiger partial charge in [0.25, 0.3) is 0 Å². The normalized spacial score (nSPS) is 16.9. The fraction of sp³-hybridized carbons (Fsp3) is 0.600. The molecule has 1 aliphatic carbocycles. The van der Waals surface area contributed by atoms with E-state index in [1.165, 1.54) is 18.4 Å². The summed E-state index contributed by atoms with van der Waals surface area (Å²) < 4.78 is 5.77. The molecule has 1 fully saturated rings. The van der Waals surface area contributed by atoms with E-state index in [4.69, 9.17) is 10.5 Å². The first-order chi connectivity index (χ1) is 8.70. The van der Waals surface area contributed by atoms with Crippen LogP contribution in [0.15, 0.2) is 24.3 Å². The molecule has 1 aliphatic rings. The highest BCUT2D eigenvalue weighted by Crippen LogP contribution is 2.34. The van der Waals surface area contributed by atoms with Crippen molar-refractivity contribution in [2.24, 2.45) is 11.7 Å². The van der Waals surface area contributed by atoms with Gasteiger partial charge in [-0.3, -0.25) is 4.90 Å². The van der Waals surface area contributed by atoms with Crippen LogP contribution in [-0.4, -0.2) is 37.7 Å². The highest BCUT2D eigenvalue weighted by Gasteiger charge is 2.32. The lowest BCUT2D eigenvalue weighted by Crippen LogP contribution is -2.41. The SMILES string of the molecule is Cc1cccc(OCCN(C)C(CN)C2CC2)c1. The second kappa shape index (κ2) is 6.21. The molecule has 100 valence electrons. The maximum atomic E-state index is 5.83. The fourth-order valence-corrected chi connectivity index (χ4v) is 2.39. The Balaban J connectivity index is 1.74. The van der Waals surface area contributed by atoms with E-state index in [1.807, 2.05) is 12.1 Å². The van der Waals surface area contributed by atoms with Crippen molar-refractivity contribution in [2.75, 3.05) is 26.7 Å². The molecular formula is C15H24N2O. The topological polar surface area (TPSA) is 38.5 Å². The average Bonchev–Trinajstić information content (AvgIpc) is 3.14. The first kappa shape index (κ1) is 13.4. The third kappa shape index (κ3) is 3.72. The molecule has 0 bridgehead atoms. The van der Waals surface area contributed by atoms with E-state index in [1.54, 1.807) is 0 Å². The zero-order chi connectivity index (χ0) is 13.0. The van der Waals surface area contributed by atoms with Gasteiger partial charge in [0.2, 0.25) is 0 Å². The van der Waals surface area contributed by atoms with E-state index in [0.29, 0.717) is 6.04 Å². The number of likely N-dealkylation sites (N-methyl/N-ethyl adjacent to an activating group) is 1. The van der Waals surface area contributed by atoms with Crippen LogP contribution in [0.25, 0.3) is 0 Å². The molecule has 1 aromatic rings. The summed E-state index contributed by atoms with van der Waals surface area (Å²) in [7, 11) is 2.15. The highest BCUT2D eigenvalue weighted by molar-refractivity contribution is 5.27. The summed E-state index contributed by atoms with van der Waals surface area (Å²) in [4.78, 5) is 2.34. The van der Waals surface area contributed by atoms with Gasteiger partial charge >= 0.3 is 0 Å². The number of aryl methyl sites for hydroxylation is 1. The molecular weight excluding hydrogens is 224 g/mol. The average molecular weight is 248 g/mol. The van der Waals surface area contributed by atoms with Gasteiger partial charge in [0.1, 0.15) is 12.4 Å². The van der Waals surface area contributed by atoms with Gasteiger partial charge in [-0.25, -0.2) is 0 Å². The second-order valence-corrected chi connectivity index (χ2v) is 5.29. The Morgan fingerprint density at radius 2 is 2.22 bits per heavy atom. The molecule has 0 amide bonds. The summed E-state index contributed by atoms with van der Waals surface area (Å²) >= 11 is 0. The summed E-state index contributed by atoms with van der Waals surface area (Å²) in [6.07, 6.45) is 2.68. The number of hydrogen-bond donors (Lipinski definition) is 1. The van der Waals surface area contributed by atoms with E-state index < -0.39 is 0 Å². The molecule has 1 atom stereocenters. The predicted octanol–water partition coefficient (Wildman–Crippen LogP) is 2.04. The molecule has 18 heavy (non-hydrogen) atoms. The van der Waals surface area contributed by atoms with Crippen molar-refractivity contribution in [1.82, 2.24) is 4.90 Å². The smallest absolute Gasteiger partial charge is 0.119 e. The van der Waals surface area contributed by atoms with Gasteiger partial charge in [0, 0.05) is 19.1 Å². The monoisotopic (exact) mass is 248 g/mol. The molecule has 0 aromatic heterocycles. The lowest BCUT2D eigenvalue weighted by molar-refractivity contribution is 0.180. The summed E-state index contributed by atoms with van der Waals surface area (Å²) in [6.45, 7) is 4.50. The Bertz CT molecular complexity index is 377. The van der Waals surface area contributed by atoms with Gasteiger partial charge in [0.15, 0.2) is 0 Å². The summed E-state index contributed by atoms with van der Waals surface area (Å²) in [5.41, 5.74) is 7.07. The molecule has 0 saturated heterocycles.